The molecule has 0 atom stereocenters. The zero-order chi connectivity index (χ0) is 21.6. The van der Waals surface area contributed by atoms with Crippen molar-refractivity contribution in [3.05, 3.63) is 70.8 Å². The summed E-state index contributed by atoms with van der Waals surface area (Å²) in [5.41, 5.74) is 0.206. The van der Waals surface area contributed by atoms with Gasteiger partial charge in [-0.05, 0) is 24.6 Å². The number of benzene rings is 2. The first-order valence-electron chi connectivity index (χ1n) is 8.29. The number of ether oxygens (including phenoxy) is 1. The Morgan fingerprint density at radius 2 is 1.69 bits per heavy atom. The van der Waals surface area contributed by atoms with Crippen LogP contribution in [0.4, 0.5) is 13.2 Å². The summed E-state index contributed by atoms with van der Waals surface area (Å²) in [6.07, 6.45) is -4.50. The van der Waals surface area contributed by atoms with E-state index in [0.29, 0.717) is 11.1 Å². The number of carbonyl (C=O) groups is 1. The normalized spacial score (nSPS) is 12.9. The van der Waals surface area contributed by atoms with E-state index in [9.17, 15) is 18.0 Å². The number of halogens is 3. The molecule has 6 nitrogen and oxygen atoms in total. The minimum atomic E-state index is -4.50. The molecule has 0 fully saturated rings. The topological polar surface area (TPSA) is 83.1 Å². The highest BCUT2D eigenvalue weighted by Gasteiger charge is 2.31. The molecule has 0 radical (unpaired) electrons. The van der Waals surface area contributed by atoms with E-state index in [1.807, 2.05) is 0 Å². The van der Waals surface area contributed by atoms with Crippen LogP contribution in [0.15, 0.2) is 53.7 Å². The molecule has 154 valence electrons. The van der Waals surface area contributed by atoms with Crippen molar-refractivity contribution in [2.45, 2.75) is 13.1 Å². The maximum atomic E-state index is 13.1. The fourth-order valence-electron chi connectivity index (χ4n) is 2.69. The molecular weight excluding hydrogens is 389 g/mol. The lowest BCUT2D eigenvalue weighted by Crippen LogP contribution is -2.20. The van der Waals surface area contributed by atoms with Crippen molar-refractivity contribution >= 4 is 23.0 Å². The van der Waals surface area contributed by atoms with E-state index in [2.05, 4.69) is 5.16 Å². The number of alkyl halides is 3. The fourth-order valence-corrected chi connectivity index (χ4v) is 2.69. The summed E-state index contributed by atoms with van der Waals surface area (Å²) in [7, 11) is 2.44. The second-order valence-electron chi connectivity index (χ2n) is 5.81. The predicted molar refractivity (Wildman–Crippen MR) is 101 cm³/mol. The minimum Gasteiger partial charge on any atom is -0.464 e. The van der Waals surface area contributed by atoms with Gasteiger partial charge >= 0.3 is 12.1 Å². The predicted octanol–water partition coefficient (Wildman–Crippen LogP) is 4.01. The van der Waals surface area contributed by atoms with Crippen LogP contribution in [0.1, 0.15) is 29.2 Å². The molecule has 0 saturated heterocycles. The maximum absolute atomic E-state index is 13.1. The highest BCUT2D eigenvalue weighted by Crippen LogP contribution is 2.33. The Kier molecular flexibility index (Phi) is 7.00. The van der Waals surface area contributed by atoms with E-state index >= 15 is 0 Å². The quantitative estimate of drug-likeness (QED) is 0.257. The Morgan fingerprint density at radius 1 is 1.03 bits per heavy atom. The van der Waals surface area contributed by atoms with Crippen molar-refractivity contribution in [2.24, 2.45) is 11.1 Å². The maximum Gasteiger partial charge on any atom is 0.416 e. The highest BCUT2D eigenvalue weighted by atomic mass is 19.4. The van der Waals surface area contributed by atoms with E-state index < -0.39 is 17.7 Å². The molecule has 0 unspecified atom stereocenters. The van der Waals surface area contributed by atoms with Gasteiger partial charge in [-0.25, -0.2) is 4.79 Å². The van der Waals surface area contributed by atoms with Crippen LogP contribution in [0.25, 0.3) is 11.3 Å². The highest BCUT2D eigenvalue weighted by molar-refractivity contribution is 6.43. The SMILES string of the molecule is CON=C(C(=O)OC)c1ccccc1C(ON)=C(C)c1cccc(C(F)(F)F)c1. The van der Waals surface area contributed by atoms with Crippen molar-refractivity contribution in [2.75, 3.05) is 14.2 Å². The molecule has 0 saturated carbocycles. The van der Waals surface area contributed by atoms with E-state index in [4.69, 9.17) is 20.3 Å². The second kappa shape index (κ2) is 9.24. The number of allylic oxidation sites excluding steroid dienone is 1. The third kappa shape index (κ3) is 4.94. The zero-order valence-electron chi connectivity index (χ0n) is 15.9. The van der Waals surface area contributed by atoms with Crippen LogP contribution >= 0.6 is 0 Å². The Hall–Kier alpha value is -3.33. The molecule has 9 heteroatoms. The van der Waals surface area contributed by atoms with Gasteiger partial charge in [0.25, 0.3) is 0 Å². The standard InChI is InChI=1S/C20H19F3N2O4/c1-12(13-7-6-8-14(11-13)20(21,22)23)18(29-24)16-10-5-4-9-15(16)17(25-28-3)19(26)27-2/h4-11H,24H2,1-3H3. The van der Waals surface area contributed by atoms with E-state index in [0.717, 1.165) is 12.1 Å². The third-order valence-electron chi connectivity index (χ3n) is 4.07. The summed E-state index contributed by atoms with van der Waals surface area (Å²) < 4.78 is 43.9. The van der Waals surface area contributed by atoms with Crippen molar-refractivity contribution in [3.8, 4) is 0 Å². The molecular formula is C20H19F3N2O4. The van der Waals surface area contributed by atoms with Crippen molar-refractivity contribution in [3.63, 3.8) is 0 Å². The summed E-state index contributed by atoms with van der Waals surface area (Å²) in [4.78, 5) is 21.8. The van der Waals surface area contributed by atoms with E-state index in [1.54, 1.807) is 31.2 Å². The number of nitrogens with zero attached hydrogens (tertiary/aromatic N) is 1. The summed E-state index contributed by atoms with van der Waals surface area (Å²) in [6, 6.07) is 11.2. The molecule has 0 aromatic heterocycles. The molecule has 0 aliphatic carbocycles. The lowest BCUT2D eigenvalue weighted by Gasteiger charge is -2.16. The van der Waals surface area contributed by atoms with Gasteiger partial charge in [0, 0.05) is 16.7 Å². The molecule has 2 N–H and O–H groups in total. The number of carbonyl (C=O) groups excluding carboxylic acids is 1. The summed E-state index contributed by atoms with van der Waals surface area (Å²) in [5, 5.41) is 3.70. The molecule has 29 heavy (non-hydrogen) atoms. The number of hydrogen-bond acceptors (Lipinski definition) is 6. The minimum absolute atomic E-state index is 0.0626. The Bertz CT molecular complexity index is 953. The number of rotatable bonds is 6. The van der Waals surface area contributed by atoms with Gasteiger partial charge in [0.2, 0.25) is 0 Å². The number of esters is 1. The van der Waals surface area contributed by atoms with Gasteiger partial charge in [-0.1, -0.05) is 41.6 Å². The average molecular weight is 408 g/mol. The molecule has 2 aromatic rings. The molecule has 0 heterocycles. The van der Waals surface area contributed by atoms with E-state index in [1.165, 1.54) is 26.4 Å². The number of oxime groups is 1. The van der Waals surface area contributed by atoms with Crippen LogP contribution in [0.5, 0.6) is 0 Å². The van der Waals surface area contributed by atoms with Gasteiger partial charge in [0.05, 0.1) is 12.7 Å². The second-order valence-corrected chi connectivity index (χ2v) is 5.81. The van der Waals surface area contributed by atoms with Crippen molar-refractivity contribution in [1.29, 1.82) is 0 Å². The van der Waals surface area contributed by atoms with Gasteiger partial charge < -0.3 is 14.4 Å². The van der Waals surface area contributed by atoms with E-state index in [-0.39, 0.29) is 22.6 Å². The van der Waals surface area contributed by atoms with Crippen molar-refractivity contribution < 1.29 is 32.4 Å². The van der Waals surface area contributed by atoms with Crippen LogP contribution in [0, 0.1) is 0 Å². The number of methoxy groups -OCH3 is 1. The van der Waals surface area contributed by atoms with Gasteiger partial charge in [-0.2, -0.15) is 19.1 Å². The number of nitrogens with two attached hydrogens (primary N) is 1. The van der Waals surface area contributed by atoms with Crippen LogP contribution in [-0.2, 0) is 25.4 Å². The molecule has 2 aromatic carbocycles. The Morgan fingerprint density at radius 3 is 2.24 bits per heavy atom. The molecule has 2 rings (SSSR count). The van der Waals surface area contributed by atoms with Crippen LogP contribution in [-0.4, -0.2) is 25.9 Å². The van der Waals surface area contributed by atoms with Crippen LogP contribution in [0.3, 0.4) is 0 Å². The first kappa shape index (κ1) is 22.0. The molecule has 0 aliphatic heterocycles. The van der Waals surface area contributed by atoms with Crippen LogP contribution in [0.2, 0.25) is 0 Å². The zero-order valence-corrected chi connectivity index (χ0v) is 15.9. The number of hydrogen-bond donors (Lipinski definition) is 1. The first-order valence-corrected chi connectivity index (χ1v) is 8.29. The lowest BCUT2D eigenvalue weighted by molar-refractivity contribution is -0.137. The fraction of sp³-hybridized carbons (Fsp3) is 0.200. The smallest absolute Gasteiger partial charge is 0.416 e. The van der Waals surface area contributed by atoms with Gasteiger partial charge in [0.15, 0.2) is 11.5 Å². The summed E-state index contributed by atoms with van der Waals surface area (Å²) in [6.45, 7) is 1.56. The lowest BCUT2D eigenvalue weighted by atomic mass is 9.96. The average Bonchev–Trinajstić information content (AvgIpc) is 2.72. The molecule has 0 amide bonds. The molecule has 0 bridgehead atoms. The van der Waals surface area contributed by atoms with Gasteiger partial charge in [-0.3, -0.25) is 0 Å². The third-order valence-corrected chi connectivity index (χ3v) is 4.07. The Balaban J connectivity index is 2.69. The largest absolute Gasteiger partial charge is 0.464 e. The van der Waals surface area contributed by atoms with Crippen molar-refractivity contribution in [1.82, 2.24) is 0 Å². The Labute approximate surface area is 165 Å². The monoisotopic (exact) mass is 408 g/mol. The van der Waals surface area contributed by atoms with Gasteiger partial charge in [0.1, 0.15) is 7.11 Å². The first-order chi connectivity index (χ1) is 13.7. The summed E-state index contributed by atoms with van der Waals surface area (Å²) >= 11 is 0. The van der Waals surface area contributed by atoms with Crippen LogP contribution < -0.4 is 5.90 Å². The molecule has 0 spiro atoms. The molecule has 0 aliphatic rings. The summed E-state index contributed by atoms with van der Waals surface area (Å²) in [5.74, 6) is 4.74. The van der Waals surface area contributed by atoms with Gasteiger partial charge in [-0.15, -0.1) is 0 Å².